The molecule has 1 atom stereocenters. The molecule has 3 N–H and O–H groups in total. The van der Waals surface area contributed by atoms with Gasteiger partial charge in [-0.1, -0.05) is 0 Å². The Kier molecular flexibility index (Phi) is 5.48. The van der Waals surface area contributed by atoms with E-state index in [1.807, 2.05) is 0 Å². The Bertz CT molecular complexity index is 649. The van der Waals surface area contributed by atoms with Gasteiger partial charge < -0.3 is 10.4 Å². The number of nitrogens with one attached hydrogen (secondary N) is 2. The molecule has 0 saturated carbocycles. The van der Waals surface area contributed by atoms with Crippen LogP contribution >= 0.6 is 11.3 Å². The van der Waals surface area contributed by atoms with E-state index in [2.05, 4.69) is 10.0 Å². The summed E-state index contributed by atoms with van der Waals surface area (Å²) < 4.78 is 26.4. The second-order valence-corrected chi connectivity index (χ2v) is 7.88. The van der Waals surface area contributed by atoms with Gasteiger partial charge in [-0.25, -0.2) is 13.2 Å². The summed E-state index contributed by atoms with van der Waals surface area (Å²) in [5.74, 6) is -1.62. The molecule has 0 aliphatic carbocycles. The summed E-state index contributed by atoms with van der Waals surface area (Å²) in [5, 5.41) is 11.5. The van der Waals surface area contributed by atoms with Crippen molar-refractivity contribution in [2.75, 3.05) is 0 Å². The summed E-state index contributed by atoms with van der Waals surface area (Å²) in [6, 6.07) is 0.226. The average molecular weight is 334 g/mol. The fourth-order valence-electron chi connectivity index (χ4n) is 1.55. The van der Waals surface area contributed by atoms with Crippen molar-refractivity contribution in [3.8, 4) is 0 Å². The van der Waals surface area contributed by atoms with E-state index in [4.69, 9.17) is 5.11 Å². The lowest BCUT2D eigenvalue weighted by atomic mass is 10.3. The summed E-state index contributed by atoms with van der Waals surface area (Å²) in [6.45, 7) is 6.48. The fraction of sp³-hybridized carbons (Fsp3) is 0.500. The van der Waals surface area contributed by atoms with Gasteiger partial charge in [0.25, 0.3) is 10.0 Å². The number of hydrogen-bond acceptors (Lipinski definition) is 5. The van der Waals surface area contributed by atoms with Gasteiger partial charge in [-0.05, 0) is 39.3 Å². The van der Waals surface area contributed by atoms with Crippen LogP contribution in [0.3, 0.4) is 0 Å². The van der Waals surface area contributed by atoms with Gasteiger partial charge in [-0.15, -0.1) is 11.3 Å². The third kappa shape index (κ3) is 4.51. The number of carboxylic acids is 1. The normalized spacial score (nSPS) is 13.2. The highest BCUT2D eigenvalue weighted by molar-refractivity contribution is 7.91. The van der Waals surface area contributed by atoms with Crippen molar-refractivity contribution in [2.45, 2.75) is 44.0 Å². The van der Waals surface area contributed by atoms with Crippen LogP contribution in [0.2, 0.25) is 0 Å². The van der Waals surface area contributed by atoms with E-state index in [0.29, 0.717) is 16.9 Å². The summed E-state index contributed by atoms with van der Waals surface area (Å²) in [4.78, 5) is 22.6. The minimum Gasteiger partial charge on any atom is -0.477 e. The van der Waals surface area contributed by atoms with Crippen molar-refractivity contribution < 1.29 is 23.1 Å². The molecule has 0 aliphatic rings. The van der Waals surface area contributed by atoms with Crippen LogP contribution in [0.4, 0.5) is 0 Å². The Morgan fingerprint density at radius 3 is 2.29 bits per heavy atom. The third-order valence-electron chi connectivity index (χ3n) is 2.51. The van der Waals surface area contributed by atoms with Crippen molar-refractivity contribution >= 4 is 33.2 Å². The van der Waals surface area contributed by atoms with Crippen molar-refractivity contribution in [1.82, 2.24) is 10.0 Å². The molecular formula is C12H18N2O5S2. The summed E-state index contributed by atoms with van der Waals surface area (Å²) in [7, 11) is -3.93. The zero-order valence-electron chi connectivity index (χ0n) is 12.1. The molecule has 1 rings (SSSR count). The Balaban J connectivity index is 2.94. The van der Waals surface area contributed by atoms with E-state index in [1.165, 1.54) is 19.9 Å². The first-order valence-electron chi connectivity index (χ1n) is 6.21. The molecule has 118 valence electrons. The Morgan fingerprint density at radius 2 is 1.86 bits per heavy atom. The maximum atomic E-state index is 12.1. The van der Waals surface area contributed by atoms with Crippen LogP contribution in [0.1, 0.15) is 36.0 Å². The first kappa shape index (κ1) is 17.6. The molecule has 0 aromatic carbocycles. The lowest BCUT2D eigenvalue weighted by Gasteiger charge is -2.15. The molecule has 0 bridgehead atoms. The predicted molar refractivity (Wildman–Crippen MR) is 79.1 cm³/mol. The lowest BCUT2D eigenvalue weighted by molar-refractivity contribution is -0.122. The van der Waals surface area contributed by atoms with Crippen LogP contribution < -0.4 is 10.0 Å². The quantitative estimate of drug-likeness (QED) is 0.717. The highest BCUT2D eigenvalue weighted by Crippen LogP contribution is 2.26. The second-order valence-electron chi connectivity index (χ2n) is 4.89. The monoisotopic (exact) mass is 334 g/mol. The molecule has 0 saturated heterocycles. The molecule has 1 unspecified atom stereocenters. The van der Waals surface area contributed by atoms with Crippen LogP contribution in [-0.4, -0.2) is 37.5 Å². The summed E-state index contributed by atoms with van der Waals surface area (Å²) in [6.07, 6.45) is 0. The number of carboxylic acid groups (broad SMARTS) is 1. The van der Waals surface area contributed by atoms with E-state index < -0.39 is 27.9 Å². The van der Waals surface area contributed by atoms with Crippen molar-refractivity contribution in [3.05, 3.63) is 16.5 Å². The number of aromatic carboxylic acids is 1. The maximum absolute atomic E-state index is 12.1. The molecule has 7 nitrogen and oxygen atoms in total. The number of sulfonamides is 1. The number of carbonyl (C=O) groups is 2. The van der Waals surface area contributed by atoms with Gasteiger partial charge in [0.2, 0.25) is 5.91 Å². The number of hydrogen-bond donors (Lipinski definition) is 3. The minimum atomic E-state index is -3.93. The van der Waals surface area contributed by atoms with E-state index >= 15 is 0 Å². The van der Waals surface area contributed by atoms with Gasteiger partial charge in [0.15, 0.2) is 0 Å². The SMILES string of the molecule is Cc1cc(S(=O)(=O)NC(C)C(=O)NC(C)C)sc1C(=O)O. The molecule has 1 aromatic heterocycles. The van der Waals surface area contributed by atoms with Crippen molar-refractivity contribution in [3.63, 3.8) is 0 Å². The second kappa shape index (κ2) is 6.54. The first-order chi connectivity index (χ1) is 9.54. The van der Waals surface area contributed by atoms with Gasteiger partial charge >= 0.3 is 5.97 Å². The van der Waals surface area contributed by atoms with Crippen LogP contribution in [0.5, 0.6) is 0 Å². The van der Waals surface area contributed by atoms with Crippen molar-refractivity contribution in [2.24, 2.45) is 0 Å². The largest absolute Gasteiger partial charge is 0.477 e. The van der Waals surface area contributed by atoms with Crippen LogP contribution in [0.15, 0.2) is 10.3 Å². The highest BCUT2D eigenvalue weighted by Gasteiger charge is 2.26. The molecular weight excluding hydrogens is 316 g/mol. The van der Waals surface area contributed by atoms with E-state index in [9.17, 15) is 18.0 Å². The minimum absolute atomic E-state index is 0.0327. The summed E-state index contributed by atoms with van der Waals surface area (Å²) in [5.41, 5.74) is 0.368. The summed E-state index contributed by atoms with van der Waals surface area (Å²) >= 11 is 0.660. The van der Waals surface area contributed by atoms with Crippen LogP contribution in [0, 0.1) is 6.92 Å². The number of carbonyl (C=O) groups excluding carboxylic acids is 1. The first-order valence-corrected chi connectivity index (χ1v) is 8.51. The molecule has 0 spiro atoms. The van der Waals surface area contributed by atoms with Gasteiger partial charge in [0, 0.05) is 6.04 Å². The van der Waals surface area contributed by atoms with Gasteiger partial charge in [-0.3, -0.25) is 4.79 Å². The topological polar surface area (TPSA) is 113 Å². The maximum Gasteiger partial charge on any atom is 0.346 e. The third-order valence-corrected chi connectivity index (χ3v) is 5.75. The molecule has 21 heavy (non-hydrogen) atoms. The van der Waals surface area contributed by atoms with E-state index in [-0.39, 0.29) is 15.1 Å². The Labute approximate surface area is 127 Å². The van der Waals surface area contributed by atoms with Gasteiger partial charge in [-0.2, -0.15) is 4.72 Å². The van der Waals surface area contributed by atoms with Crippen LogP contribution in [0.25, 0.3) is 0 Å². The van der Waals surface area contributed by atoms with Gasteiger partial charge in [0.05, 0.1) is 6.04 Å². The molecule has 1 amide bonds. The number of thiophene rings is 1. The van der Waals surface area contributed by atoms with Crippen LogP contribution in [-0.2, 0) is 14.8 Å². The molecule has 1 heterocycles. The Hall–Kier alpha value is -1.45. The van der Waals surface area contributed by atoms with Crippen molar-refractivity contribution in [1.29, 1.82) is 0 Å². The number of amides is 1. The predicted octanol–water partition coefficient (Wildman–Crippen LogP) is 0.946. The zero-order chi connectivity index (χ0) is 16.4. The zero-order valence-corrected chi connectivity index (χ0v) is 13.8. The van der Waals surface area contributed by atoms with E-state index in [0.717, 1.165) is 0 Å². The molecule has 0 aliphatic heterocycles. The fourth-order valence-corrected chi connectivity index (χ4v) is 4.15. The van der Waals surface area contributed by atoms with Gasteiger partial charge in [0.1, 0.15) is 9.09 Å². The molecule has 1 aromatic rings. The molecule has 9 heteroatoms. The number of rotatable bonds is 6. The lowest BCUT2D eigenvalue weighted by Crippen LogP contribution is -2.46. The molecule has 0 fully saturated rings. The smallest absolute Gasteiger partial charge is 0.346 e. The molecule has 0 radical (unpaired) electrons. The highest BCUT2D eigenvalue weighted by atomic mass is 32.2. The number of aryl methyl sites for hydroxylation is 1. The van der Waals surface area contributed by atoms with E-state index in [1.54, 1.807) is 13.8 Å². The standard InChI is InChI=1S/C12H18N2O5S2/c1-6(2)13-11(15)8(4)14-21(18,19)9-5-7(3)10(20-9)12(16)17/h5-6,8,14H,1-4H3,(H,13,15)(H,16,17). The Morgan fingerprint density at radius 1 is 1.29 bits per heavy atom. The average Bonchev–Trinajstić information content (AvgIpc) is 2.70.